The molecule has 0 aromatic carbocycles. The summed E-state index contributed by atoms with van der Waals surface area (Å²) in [6, 6.07) is 0. The average molecular weight is 342 g/mol. The van der Waals surface area contributed by atoms with Gasteiger partial charge in [0.15, 0.2) is 0 Å². The van der Waals surface area contributed by atoms with Gasteiger partial charge in [-0.1, -0.05) is 70.6 Å². The molecule has 0 aliphatic carbocycles. The van der Waals surface area contributed by atoms with Crippen LogP contribution < -0.4 is 16.2 Å². The summed E-state index contributed by atoms with van der Waals surface area (Å²) in [5.74, 6) is -0.170. The summed E-state index contributed by atoms with van der Waals surface area (Å²) in [6.07, 6.45) is 16.2. The first-order valence-corrected chi connectivity index (χ1v) is 9.77. The second-order valence-corrected chi connectivity index (χ2v) is 6.92. The van der Waals surface area contributed by atoms with E-state index >= 15 is 0 Å². The van der Waals surface area contributed by atoms with Crippen molar-refractivity contribution in [2.75, 3.05) is 20.6 Å². The predicted molar refractivity (Wildman–Crippen MR) is 99.0 cm³/mol. The maximum absolute atomic E-state index is 10.3. The molecule has 0 aromatic rings. The van der Waals surface area contributed by atoms with Crippen LogP contribution in [0.4, 0.5) is 0 Å². The van der Waals surface area contributed by atoms with Gasteiger partial charge >= 0.3 is 5.96 Å². The number of carbonyl (C=O) groups is 1. The monoisotopic (exact) mass is 341 g/mol. The molecule has 0 fully saturated rings. The summed E-state index contributed by atoms with van der Waals surface area (Å²) < 4.78 is 1.90. The second kappa shape index (κ2) is 16.6. The van der Waals surface area contributed by atoms with E-state index in [1.165, 1.54) is 64.2 Å². The van der Waals surface area contributed by atoms with Crippen molar-refractivity contribution in [3.05, 3.63) is 0 Å². The van der Waals surface area contributed by atoms with Crippen LogP contribution in [0.5, 0.6) is 0 Å². The molecular formula is C19H39N3O2. The number of carboxylic acids is 1. The Bertz CT molecular complexity index is 340. The molecule has 142 valence electrons. The number of unbranched alkanes of at least 4 members (excludes halogenated alkanes) is 12. The Kier molecular flexibility index (Phi) is 15.7. The highest BCUT2D eigenvalue weighted by molar-refractivity contribution is 5.72. The maximum atomic E-state index is 10.3. The van der Waals surface area contributed by atoms with Gasteiger partial charge in [0.05, 0.1) is 20.6 Å². The molecule has 0 aliphatic heterocycles. The van der Waals surface area contributed by atoms with Crippen LogP contribution in [0, 0.1) is 0 Å². The highest BCUT2D eigenvalue weighted by Crippen LogP contribution is 2.12. The topological polar surface area (TPSA) is 81.2 Å². The molecule has 0 aromatic heterocycles. The fourth-order valence-electron chi connectivity index (χ4n) is 2.71. The number of rotatable bonds is 16. The molecule has 0 saturated heterocycles. The van der Waals surface area contributed by atoms with Gasteiger partial charge in [0, 0.05) is 5.97 Å². The Hall–Kier alpha value is -1.26. The van der Waals surface area contributed by atoms with Crippen LogP contribution in [0.3, 0.4) is 0 Å². The zero-order chi connectivity index (χ0) is 18.0. The molecule has 3 N–H and O–H groups in total. The van der Waals surface area contributed by atoms with E-state index in [-0.39, 0.29) is 6.42 Å². The van der Waals surface area contributed by atoms with Gasteiger partial charge in [-0.3, -0.25) is 15.6 Å². The Balaban J connectivity index is 3.10. The first kappa shape index (κ1) is 22.7. The van der Waals surface area contributed by atoms with Crippen molar-refractivity contribution in [2.24, 2.45) is 5.73 Å². The number of guanidine groups is 1. The number of nitrogens with one attached hydrogen (secondary N) is 1. The van der Waals surface area contributed by atoms with Crippen LogP contribution >= 0.6 is 0 Å². The molecular weight excluding hydrogens is 302 g/mol. The van der Waals surface area contributed by atoms with Gasteiger partial charge in [0.2, 0.25) is 0 Å². The number of carbonyl (C=O) groups excluding carboxylic acids is 1. The molecule has 24 heavy (non-hydrogen) atoms. The van der Waals surface area contributed by atoms with Crippen LogP contribution in [-0.4, -0.2) is 37.1 Å². The fourth-order valence-corrected chi connectivity index (χ4v) is 2.71. The third kappa shape index (κ3) is 17.1. The van der Waals surface area contributed by atoms with E-state index in [1.54, 1.807) is 0 Å². The van der Waals surface area contributed by atoms with Gasteiger partial charge < -0.3 is 9.90 Å². The molecule has 0 unspecified atom stereocenters. The third-order valence-corrected chi connectivity index (χ3v) is 4.35. The van der Waals surface area contributed by atoms with Crippen LogP contribution in [0.15, 0.2) is 0 Å². The zero-order valence-corrected chi connectivity index (χ0v) is 15.9. The summed E-state index contributed by atoms with van der Waals surface area (Å²) in [7, 11) is 3.89. The van der Waals surface area contributed by atoms with Crippen LogP contribution in [0.2, 0.25) is 0 Å². The lowest BCUT2D eigenvalue weighted by Crippen LogP contribution is -2.38. The lowest BCUT2D eigenvalue weighted by molar-refractivity contribution is -0.467. The number of hydrogen-bond donors (Lipinski definition) is 2. The largest absolute Gasteiger partial charge is 0.550 e. The lowest BCUT2D eigenvalue weighted by atomic mass is 10.0. The molecule has 0 heterocycles. The fraction of sp³-hybridized carbons (Fsp3) is 0.895. The molecule has 0 radical (unpaired) electrons. The summed E-state index contributed by atoms with van der Waals surface area (Å²) in [5.41, 5.74) is 5.79. The van der Waals surface area contributed by atoms with Crippen molar-refractivity contribution in [1.82, 2.24) is 5.32 Å². The normalized spacial score (nSPS) is 10.6. The van der Waals surface area contributed by atoms with Gasteiger partial charge in [-0.05, 0) is 19.3 Å². The van der Waals surface area contributed by atoms with Gasteiger partial charge in [-0.15, -0.1) is 0 Å². The van der Waals surface area contributed by atoms with Gasteiger partial charge in [-0.25, -0.2) is 0 Å². The van der Waals surface area contributed by atoms with E-state index in [0.29, 0.717) is 0 Å². The van der Waals surface area contributed by atoms with Gasteiger partial charge in [0.1, 0.15) is 0 Å². The molecule has 5 heteroatoms. The van der Waals surface area contributed by atoms with Crippen LogP contribution in [0.1, 0.15) is 89.9 Å². The molecule has 0 saturated carbocycles. The van der Waals surface area contributed by atoms with Crippen molar-refractivity contribution < 1.29 is 14.5 Å². The third-order valence-electron chi connectivity index (χ3n) is 4.35. The second-order valence-electron chi connectivity index (χ2n) is 6.92. The van der Waals surface area contributed by atoms with Crippen LogP contribution in [0.25, 0.3) is 0 Å². The first-order chi connectivity index (χ1) is 11.5. The summed E-state index contributed by atoms with van der Waals surface area (Å²) in [4.78, 5) is 10.3. The van der Waals surface area contributed by atoms with Crippen molar-refractivity contribution >= 4 is 11.9 Å². The van der Waals surface area contributed by atoms with Gasteiger partial charge in [0.25, 0.3) is 0 Å². The summed E-state index contributed by atoms with van der Waals surface area (Å²) in [5, 5.41) is 13.5. The van der Waals surface area contributed by atoms with Crippen molar-refractivity contribution in [2.45, 2.75) is 89.9 Å². The van der Waals surface area contributed by atoms with E-state index in [4.69, 9.17) is 5.73 Å². The minimum atomic E-state index is -0.915. The van der Waals surface area contributed by atoms with E-state index in [2.05, 4.69) is 5.32 Å². The SMILES string of the molecule is C[N+](C)=C(N)NCCCCCCCCCCCCCCCC(=O)[O-]. The zero-order valence-electron chi connectivity index (χ0n) is 15.9. The molecule has 0 amide bonds. The van der Waals surface area contributed by atoms with Crippen molar-refractivity contribution in [3.8, 4) is 0 Å². The molecule has 0 aliphatic rings. The summed E-state index contributed by atoms with van der Waals surface area (Å²) in [6.45, 7) is 0.965. The molecule has 0 atom stereocenters. The number of aliphatic carboxylic acids is 1. The van der Waals surface area contributed by atoms with E-state index in [0.717, 1.165) is 31.8 Å². The standard InChI is InChI=1S/C19H39N3O2/c1-22(2)19(20)21-17-15-13-11-9-7-5-3-4-6-8-10-12-14-16-18(23)24/h3-17H2,1-2H3,(H3,20,21,23,24). The first-order valence-electron chi connectivity index (χ1n) is 9.77. The van der Waals surface area contributed by atoms with E-state index in [9.17, 15) is 9.90 Å². The molecule has 0 spiro atoms. The van der Waals surface area contributed by atoms with Crippen LogP contribution in [-0.2, 0) is 4.79 Å². The highest BCUT2D eigenvalue weighted by Gasteiger charge is 1.99. The number of nitrogens with two attached hydrogens (primary N) is 1. The Morgan fingerprint density at radius 2 is 1.17 bits per heavy atom. The minimum absolute atomic E-state index is 0.220. The quantitative estimate of drug-likeness (QED) is 0.195. The Morgan fingerprint density at radius 3 is 1.54 bits per heavy atom. The molecule has 0 bridgehead atoms. The summed E-state index contributed by atoms with van der Waals surface area (Å²) >= 11 is 0. The van der Waals surface area contributed by atoms with E-state index in [1.807, 2.05) is 18.7 Å². The highest BCUT2D eigenvalue weighted by atomic mass is 16.4. The maximum Gasteiger partial charge on any atom is 0.342 e. The molecule has 5 nitrogen and oxygen atoms in total. The average Bonchev–Trinajstić information content (AvgIpc) is 2.53. The minimum Gasteiger partial charge on any atom is -0.550 e. The molecule has 0 rings (SSSR count). The Labute approximate surface area is 148 Å². The number of hydrogen-bond acceptors (Lipinski definition) is 2. The number of nitrogens with zero attached hydrogens (tertiary/aromatic N) is 1. The Morgan fingerprint density at radius 1 is 0.792 bits per heavy atom. The van der Waals surface area contributed by atoms with Crippen molar-refractivity contribution in [3.63, 3.8) is 0 Å². The van der Waals surface area contributed by atoms with Gasteiger partial charge in [-0.2, -0.15) is 0 Å². The van der Waals surface area contributed by atoms with Crippen molar-refractivity contribution in [1.29, 1.82) is 0 Å². The predicted octanol–water partition coefficient (Wildman–Crippen LogP) is 2.37. The van der Waals surface area contributed by atoms with E-state index < -0.39 is 5.97 Å². The lowest BCUT2D eigenvalue weighted by Gasteiger charge is -2.04. The smallest absolute Gasteiger partial charge is 0.342 e. The number of carboxylic acid groups (broad SMARTS) is 1.